The number of Topliss-reactive ketones (excluding diaryl/α,β-unsaturated/α-hetero) is 1. The number of halogens is 3. The Labute approximate surface area is 199 Å². The van der Waals surface area contributed by atoms with E-state index in [2.05, 4.69) is 0 Å². The summed E-state index contributed by atoms with van der Waals surface area (Å²) < 4.78 is 32.5. The van der Waals surface area contributed by atoms with E-state index in [0.717, 1.165) is 17.7 Å². The van der Waals surface area contributed by atoms with Crippen molar-refractivity contribution in [2.24, 2.45) is 0 Å². The minimum Gasteiger partial charge on any atom is -0.507 e. The van der Waals surface area contributed by atoms with Crippen molar-refractivity contribution in [1.82, 2.24) is 4.90 Å². The lowest BCUT2D eigenvalue weighted by Crippen LogP contribution is -2.31. The van der Waals surface area contributed by atoms with Crippen LogP contribution in [0, 0.1) is 11.6 Å². The second kappa shape index (κ2) is 9.65. The maximum atomic E-state index is 14.0. The molecule has 4 rings (SSSR count). The standard InChI is InChI=1S/C26H20ClF2NO4/c1-34-21-11-10-19(29)14-20(21)24(31)22-23(16-4-6-17(27)7-5-16)30(26(33)25(22)32)13-12-15-2-8-18(28)9-3-15/h2-11,14,23,31H,12-13H2,1H3/b24-22+. The number of amides is 1. The van der Waals surface area contributed by atoms with Gasteiger partial charge < -0.3 is 14.7 Å². The number of hydrogen-bond acceptors (Lipinski definition) is 4. The normalized spacial score (nSPS) is 17.3. The molecular formula is C26H20ClF2NO4. The zero-order valence-corrected chi connectivity index (χ0v) is 18.9. The van der Waals surface area contributed by atoms with E-state index in [0.29, 0.717) is 17.0 Å². The zero-order chi connectivity index (χ0) is 24.4. The van der Waals surface area contributed by atoms with Crippen molar-refractivity contribution >= 4 is 29.1 Å². The Morgan fingerprint density at radius 1 is 1.00 bits per heavy atom. The third-order valence-corrected chi connectivity index (χ3v) is 5.95. The predicted molar refractivity (Wildman–Crippen MR) is 124 cm³/mol. The van der Waals surface area contributed by atoms with Gasteiger partial charge in [0.25, 0.3) is 11.7 Å². The summed E-state index contributed by atoms with van der Waals surface area (Å²) in [4.78, 5) is 27.5. The van der Waals surface area contributed by atoms with Crippen molar-refractivity contribution < 1.29 is 28.2 Å². The number of rotatable bonds is 6. The van der Waals surface area contributed by atoms with Crippen LogP contribution in [0.1, 0.15) is 22.7 Å². The highest BCUT2D eigenvalue weighted by atomic mass is 35.5. The summed E-state index contributed by atoms with van der Waals surface area (Å²) in [6, 6.07) is 14.9. The molecule has 1 fully saturated rings. The van der Waals surface area contributed by atoms with Crippen LogP contribution in [0.4, 0.5) is 8.78 Å². The average molecular weight is 484 g/mol. The highest BCUT2D eigenvalue weighted by Gasteiger charge is 2.46. The zero-order valence-electron chi connectivity index (χ0n) is 18.1. The first kappa shape index (κ1) is 23.4. The minimum atomic E-state index is -0.939. The molecule has 1 saturated heterocycles. The van der Waals surface area contributed by atoms with Gasteiger partial charge in [-0.2, -0.15) is 0 Å². The molecule has 1 aliphatic heterocycles. The van der Waals surface area contributed by atoms with Gasteiger partial charge in [-0.3, -0.25) is 9.59 Å². The van der Waals surface area contributed by atoms with Crippen molar-refractivity contribution in [3.63, 3.8) is 0 Å². The Hall–Kier alpha value is -3.71. The van der Waals surface area contributed by atoms with Crippen molar-refractivity contribution in [1.29, 1.82) is 0 Å². The average Bonchev–Trinajstić information content (AvgIpc) is 3.08. The maximum Gasteiger partial charge on any atom is 0.295 e. The first-order valence-corrected chi connectivity index (χ1v) is 10.8. The molecule has 0 saturated carbocycles. The van der Waals surface area contributed by atoms with Gasteiger partial charge in [0.2, 0.25) is 0 Å². The Morgan fingerprint density at radius 3 is 2.29 bits per heavy atom. The molecule has 34 heavy (non-hydrogen) atoms. The van der Waals surface area contributed by atoms with Crippen molar-refractivity contribution in [3.8, 4) is 5.75 Å². The number of aliphatic hydroxyl groups excluding tert-OH is 1. The number of carbonyl (C=O) groups excluding carboxylic acids is 2. The molecule has 0 spiro atoms. The lowest BCUT2D eigenvalue weighted by Gasteiger charge is -2.25. The lowest BCUT2D eigenvalue weighted by atomic mass is 9.95. The fourth-order valence-electron chi connectivity index (χ4n) is 4.01. The van der Waals surface area contributed by atoms with E-state index in [4.69, 9.17) is 16.3 Å². The van der Waals surface area contributed by atoms with Gasteiger partial charge in [0.15, 0.2) is 0 Å². The molecule has 3 aromatic rings. The highest BCUT2D eigenvalue weighted by Crippen LogP contribution is 2.41. The molecule has 5 nitrogen and oxygen atoms in total. The highest BCUT2D eigenvalue weighted by molar-refractivity contribution is 6.46. The fourth-order valence-corrected chi connectivity index (χ4v) is 4.14. The number of methoxy groups -OCH3 is 1. The quantitative estimate of drug-likeness (QED) is 0.294. The second-order valence-electron chi connectivity index (χ2n) is 7.77. The van der Waals surface area contributed by atoms with Crippen LogP contribution in [0.15, 0.2) is 72.3 Å². The van der Waals surface area contributed by atoms with E-state index < -0.39 is 29.3 Å². The van der Waals surface area contributed by atoms with Crippen LogP contribution < -0.4 is 4.74 Å². The number of benzene rings is 3. The van der Waals surface area contributed by atoms with Crippen LogP contribution in [-0.2, 0) is 16.0 Å². The Morgan fingerprint density at radius 2 is 1.65 bits per heavy atom. The van der Waals surface area contributed by atoms with Crippen LogP contribution in [0.5, 0.6) is 5.75 Å². The SMILES string of the molecule is COc1ccc(F)cc1/C(O)=C1\C(=O)C(=O)N(CCc2ccc(F)cc2)C1c1ccc(Cl)cc1. The van der Waals surface area contributed by atoms with E-state index in [1.807, 2.05) is 0 Å². The largest absolute Gasteiger partial charge is 0.507 e. The molecule has 0 aromatic heterocycles. The lowest BCUT2D eigenvalue weighted by molar-refractivity contribution is -0.139. The number of ether oxygens (including phenoxy) is 1. The third-order valence-electron chi connectivity index (χ3n) is 5.70. The first-order valence-electron chi connectivity index (χ1n) is 10.4. The molecule has 1 aliphatic rings. The van der Waals surface area contributed by atoms with Crippen molar-refractivity contribution in [2.75, 3.05) is 13.7 Å². The maximum absolute atomic E-state index is 14.0. The van der Waals surface area contributed by atoms with Gasteiger partial charge in [-0.15, -0.1) is 0 Å². The first-order chi connectivity index (χ1) is 16.3. The number of ketones is 1. The molecule has 0 bridgehead atoms. The minimum absolute atomic E-state index is 0.0435. The van der Waals surface area contributed by atoms with E-state index in [1.54, 1.807) is 36.4 Å². The van der Waals surface area contributed by atoms with Gasteiger partial charge in [-0.1, -0.05) is 35.9 Å². The molecular weight excluding hydrogens is 464 g/mol. The van der Waals surface area contributed by atoms with Gasteiger partial charge >= 0.3 is 0 Å². The van der Waals surface area contributed by atoms with E-state index in [1.165, 1.54) is 30.2 Å². The van der Waals surface area contributed by atoms with Crippen molar-refractivity contribution in [3.05, 3.63) is 106 Å². The summed E-state index contributed by atoms with van der Waals surface area (Å²) in [5.74, 6) is -3.13. The Bertz CT molecular complexity index is 1270. The van der Waals surface area contributed by atoms with Crippen LogP contribution in [0.3, 0.4) is 0 Å². The van der Waals surface area contributed by atoms with Gasteiger partial charge in [0, 0.05) is 11.6 Å². The monoisotopic (exact) mass is 483 g/mol. The van der Waals surface area contributed by atoms with Gasteiger partial charge in [0.05, 0.1) is 24.3 Å². The third kappa shape index (κ3) is 4.52. The summed E-state index contributed by atoms with van der Waals surface area (Å²) in [5, 5.41) is 11.6. The Kier molecular flexibility index (Phi) is 6.65. The topological polar surface area (TPSA) is 66.8 Å². The van der Waals surface area contributed by atoms with Crippen LogP contribution in [0.25, 0.3) is 5.76 Å². The molecule has 0 radical (unpaired) electrons. The molecule has 3 aromatic carbocycles. The number of aliphatic hydroxyl groups is 1. The number of likely N-dealkylation sites (tertiary alicyclic amines) is 1. The molecule has 1 atom stereocenters. The molecule has 1 unspecified atom stereocenters. The number of carbonyl (C=O) groups is 2. The molecule has 0 aliphatic carbocycles. The summed E-state index contributed by atoms with van der Waals surface area (Å²) in [5.41, 5.74) is 1.08. The molecule has 1 heterocycles. The second-order valence-corrected chi connectivity index (χ2v) is 8.20. The van der Waals surface area contributed by atoms with Crippen LogP contribution >= 0.6 is 11.6 Å². The molecule has 1 N–H and O–H groups in total. The van der Waals surface area contributed by atoms with Crippen LogP contribution in [-0.4, -0.2) is 35.4 Å². The summed E-state index contributed by atoms with van der Waals surface area (Å²) in [6.45, 7) is 0.126. The van der Waals surface area contributed by atoms with E-state index in [-0.39, 0.29) is 29.2 Å². The smallest absolute Gasteiger partial charge is 0.295 e. The van der Waals surface area contributed by atoms with Crippen molar-refractivity contribution in [2.45, 2.75) is 12.5 Å². The van der Waals surface area contributed by atoms with E-state index >= 15 is 0 Å². The Balaban J connectivity index is 1.81. The van der Waals surface area contributed by atoms with Gasteiger partial charge in [0.1, 0.15) is 23.1 Å². The van der Waals surface area contributed by atoms with Gasteiger partial charge in [-0.25, -0.2) is 8.78 Å². The number of nitrogens with zero attached hydrogens (tertiary/aromatic N) is 1. The summed E-state index contributed by atoms with van der Waals surface area (Å²) >= 11 is 6.02. The number of hydrogen-bond donors (Lipinski definition) is 1. The molecule has 1 amide bonds. The summed E-state index contributed by atoms with van der Waals surface area (Å²) in [7, 11) is 1.35. The fraction of sp³-hybridized carbons (Fsp3) is 0.154. The molecule has 8 heteroatoms. The van der Waals surface area contributed by atoms with Gasteiger partial charge in [-0.05, 0) is 60.0 Å². The van der Waals surface area contributed by atoms with E-state index in [9.17, 15) is 23.5 Å². The molecule has 174 valence electrons. The van der Waals surface area contributed by atoms with Crippen LogP contribution in [0.2, 0.25) is 5.02 Å². The summed E-state index contributed by atoms with van der Waals surface area (Å²) in [6.07, 6.45) is 0.348. The predicted octanol–water partition coefficient (Wildman–Crippen LogP) is 5.29.